The van der Waals surface area contributed by atoms with E-state index in [4.69, 9.17) is 4.74 Å². The molecule has 0 spiro atoms. The molecule has 0 atom stereocenters. The number of hydrogen-bond donors (Lipinski definition) is 0. The van der Waals surface area contributed by atoms with Gasteiger partial charge in [0.25, 0.3) is 15.9 Å². The van der Waals surface area contributed by atoms with Gasteiger partial charge in [-0.2, -0.15) is 4.31 Å². The second kappa shape index (κ2) is 8.97. The molecule has 6 heteroatoms. The molecule has 0 aliphatic rings. The first-order valence-electron chi connectivity index (χ1n) is 9.36. The molecule has 0 unspecified atom stereocenters. The highest BCUT2D eigenvalue weighted by Gasteiger charge is 2.30. The number of hydrogen-bond acceptors (Lipinski definition) is 4. The monoisotopic (exact) mass is 421 g/mol. The fraction of sp³-hybridized carbons (Fsp3) is 0.125. The smallest absolute Gasteiger partial charge is 0.271 e. The number of ether oxygens (including phenoxy) is 1. The van der Waals surface area contributed by atoms with Crippen LogP contribution in [0.1, 0.15) is 16.7 Å². The largest absolute Gasteiger partial charge is 0.497 e. The number of carbonyl (C=O) groups is 1. The van der Waals surface area contributed by atoms with Crippen LogP contribution in [-0.4, -0.2) is 21.4 Å². The van der Waals surface area contributed by atoms with Crippen LogP contribution in [0.2, 0.25) is 0 Å². The van der Waals surface area contributed by atoms with Gasteiger partial charge in [-0.25, -0.2) is 8.42 Å². The van der Waals surface area contributed by atoms with Crippen LogP contribution in [0.5, 0.6) is 5.75 Å². The summed E-state index contributed by atoms with van der Waals surface area (Å²) in [6, 6.07) is 20.5. The minimum atomic E-state index is -4.10. The summed E-state index contributed by atoms with van der Waals surface area (Å²) >= 11 is 0. The lowest BCUT2D eigenvalue weighted by atomic mass is 10.1. The van der Waals surface area contributed by atoms with E-state index in [2.05, 4.69) is 0 Å². The zero-order valence-electron chi connectivity index (χ0n) is 17.1. The molecule has 1 amide bonds. The van der Waals surface area contributed by atoms with E-state index in [9.17, 15) is 13.2 Å². The Morgan fingerprint density at radius 2 is 1.60 bits per heavy atom. The lowest BCUT2D eigenvalue weighted by Crippen LogP contribution is -2.36. The Kier molecular flexibility index (Phi) is 6.37. The maximum Gasteiger partial charge on any atom is 0.271 e. The molecular weight excluding hydrogens is 398 g/mol. The second-order valence-electron chi connectivity index (χ2n) is 6.82. The van der Waals surface area contributed by atoms with E-state index < -0.39 is 15.9 Å². The van der Waals surface area contributed by atoms with Crippen molar-refractivity contribution in [2.75, 3.05) is 11.4 Å². The van der Waals surface area contributed by atoms with Crippen LogP contribution < -0.4 is 9.04 Å². The molecule has 0 radical (unpaired) electrons. The van der Waals surface area contributed by atoms with Crippen LogP contribution in [0.4, 0.5) is 5.69 Å². The van der Waals surface area contributed by atoms with Crippen LogP contribution in [0.3, 0.4) is 0 Å². The topological polar surface area (TPSA) is 63.7 Å². The van der Waals surface area contributed by atoms with E-state index in [-0.39, 0.29) is 4.90 Å². The average molecular weight is 422 g/mol. The number of aryl methyl sites for hydroxylation is 2. The molecule has 0 heterocycles. The Labute approximate surface area is 177 Å². The molecular formula is C24H23NO4S. The number of rotatable bonds is 6. The van der Waals surface area contributed by atoms with Crippen LogP contribution >= 0.6 is 0 Å². The van der Waals surface area contributed by atoms with Crippen LogP contribution in [0, 0.1) is 13.8 Å². The zero-order valence-corrected chi connectivity index (χ0v) is 17.9. The van der Waals surface area contributed by atoms with Crippen molar-refractivity contribution in [3.05, 3.63) is 95.6 Å². The highest BCUT2D eigenvalue weighted by Crippen LogP contribution is 2.28. The number of nitrogens with zero attached hydrogens (tertiary/aromatic N) is 1. The lowest BCUT2D eigenvalue weighted by molar-refractivity contribution is -0.113. The van der Waals surface area contributed by atoms with Gasteiger partial charge in [-0.1, -0.05) is 42.5 Å². The molecule has 0 fully saturated rings. The number of benzene rings is 3. The van der Waals surface area contributed by atoms with Gasteiger partial charge >= 0.3 is 0 Å². The molecule has 3 aromatic carbocycles. The third-order valence-electron chi connectivity index (χ3n) is 4.60. The fourth-order valence-corrected chi connectivity index (χ4v) is 4.42. The molecule has 0 saturated carbocycles. The zero-order chi connectivity index (χ0) is 21.7. The van der Waals surface area contributed by atoms with Gasteiger partial charge < -0.3 is 4.74 Å². The van der Waals surface area contributed by atoms with Crippen LogP contribution in [0.15, 0.2) is 83.8 Å². The average Bonchev–Trinajstić information content (AvgIpc) is 2.75. The Morgan fingerprint density at radius 3 is 2.23 bits per heavy atom. The van der Waals surface area contributed by atoms with E-state index >= 15 is 0 Å². The summed E-state index contributed by atoms with van der Waals surface area (Å²) in [4.78, 5) is 13.2. The number of amides is 1. The molecule has 0 bridgehead atoms. The van der Waals surface area contributed by atoms with Gasteiger partial charge in [0.05, 0.1) is 17.7 Å². The second-order valence-corrected chi connectivity index (χ2v) is 8.60. The quantitative estimate of drug-likeness (QED) is 0.539. The number of methoxy groups -OCH3 is 1. The van der Waals surface area contributed by atoms with E-state index in [1.54, 1.807) is 74.7 Å². The highest BCUT2D eigenvalue weighted by atomic mass is 32.2. The molecule has 154 valence electrons. The van der Waals surface area contributed by atoms with Crippen molar-refractivity contribution in [3.8, 4) is 5.75 Å². The van der Waals surface area contributed by atoms with E-state index in [1.807, 2.05) is 13.0 Å². The third-order valence-corrected chi connectivity index (χ3v) is 6.32. The van der Waals surface area contributed by atoms with E-state index in [0.717, 1.165) is 15.4 Å². The van der Waals surface area contributed by atoms with Crippen molar-refractivity contribution < 1.29 is 17.9 Å². The van der Waals surface area contributed by atoms with Gasteiger partial charge in [0.15, 0.2) is 0 Å². The molecule has 0 aliphatic heterocycles. The lowest BCUT2D eigenvalue weighted by Gasteiger charge is -2.23. The first-order chi connectivity index (χ1) is 14.3. The van der Waals surface area contributed by atoms with Crippen molar-refractivity contribution >= 4 is 27.7 Å². The molecule has 0 saturated heterocycles. The number of carbonyl (C=O) groups excluding carboxylic acids is 1. The highest BCUT2D eigenvalue weighted by molar-refractivity contribution is 7.93. The Morgan fingerprint density at radius 1 is 0.933 bits per heavy atom. The predicted molar refractivity (Wildman–Crippen MR) is 119 cm³/mol. The van der Waals surface area contributed by atoms with Gasteiger partial charge in [0, 0.05) is 6.08 Å². The third kappa shape index (κ3) is 4.60. The molecule has 5 nitrogen and oxygen atoms in total. The van der Waals surface area contributed by atoms with Gasteiger partial charge in [0.2, 0.25) is 0 Å². The van der Waals surface area contributed by atoms with E-state index in [1.165, 1.54) is 18.2 Å². The van der Waals surface area contributed by atoms with Crippen molar-refractivity contribution in [1.82, 2.24) is 0 Å². The standard InChI is InChI=1S/C24H23NO4S/c1-18-9-10-19(2)23(17-18)25(30(27,28)22-7-5-4-6-8-22)24(26)16-13-20-11-14-21(29-3)15-12-20/h4-17H,1-3H3/b16-13+. The summed E-state index contributed by atoms with van der Waals surface area (Å²) in [7, 11) is -2.52. The SMILES string of the molecule is COc1ccc(/C=C/C(=O)N(c2cc(C)ccc2C)S(=O)(=O)c2ccccc2)cc1. The number of anilines is 1. The van der Waals surface area contributed by atoms with Crippen LogP contribution in [0.25, 0.3) is 6.08 Å². The Balaban J connectivity index is 2.05. The Hall–Kier alpha value is -3.38. The van der Waals surface area contributed by atoms with Crippen molar-refractivity contribution in [1.29, 1.82) is 0 Å². The van der Waals surface area contributed by atoms with E-state index in [0.29, 0.717) is 17.0 Å². The molecule has 30 heavy (non-hydrogen) atoms. The molecule has 3 aromatic rings. The van der Waals surface area contributed by atoms with Crippen molar-refractivity contribution in [3.63, 3.8) is 0 Å². The predicted octanol–water partition coefficient (Wildman–Crippen LogP) is 4.75. The molecule has 3 rings (SSSR count). The fourth-order valence-electron chi connectivity index (χ4n) is 2.95. The van der Waals surface area contributed by atoms with Gasteiger partial charge in [-0.3, -0.25) is 4.79 Å². The van der Waals surface area contributed by atoms with Crippen LogP contribution in [-0.2, 0) is 14.8 Å². The Bertz CT molecular complexity index is 1170. The maximum atomic E-state index is 13.4. The van der Waals surface area contributed by atoms with Crippen molar-refractivity contribution in [2.24, 2.45) is 0 Å². The summed E-state index contributed by atoms with van der Waals surface area (Å²) in [5.74, 6) is 0.0468. The summed E-state index contributed by atoms with van der Waals surface area (Å²) in [5.41, 5.74) is 2.63. The summed E-state index contributed by atoms with van der Waals surface area (Å²) in [6.07, 6.45) is 2.85. The minimum Gasteiger partial charge on any atom is -0.497 e. The normalized spacial score (nSPS) is 11.4. The summed E-state index contributed by atoms with van der Waals surface area (Å²) in [6.45, 7) is 3.64. The van der Waals surface area contributed by atoms with Gasteiger partial charge in [0.1, 0.15) is 5.75 Å². The van der Waals surface area contributed by atoms with Gasteiger partial charge in [-0.05, 0) is 66.9 Å². The minimum absolute atomic E-state index is 0.0529. The number of sulfonamides is 1. The first-order valence-corrected chi connectivity index (χ1v) is 10.8. The maximum absolute atomic E-state index is 13.4. The first kappa shape index (κ1) is 21.3. The van der Waals surface area contributed by atoms with Crippen molar-refractivity contribution in [2.45, 2.75) is 18.7 Å². The summed E-state index contributed by atoms with van der Waals surface area (Å²) < 4.78 is 32.8. The van der Waals surface area contributed by atoms with Gasteiger partial charge in [-0.15, -0.1) is 0 Å². The molecule has 0 aromatic heterocycles. The molecule has 0 N–H and O–H groups in total. The molecule has 0 aliphatic carbocycles. The summed E-state index contributed by atoms with van der Waals surface area (Å²) in [5, 5.41) is 0.